The Hall–Kier alpha value is -1.02. The fraction of sp³-hybridized carbons (Fsp3) is 0.571. The molecule has 0 aromatic heterocycles. The van der Waals surface area contributed by atoms with Crippen molar-refractivity contribution in [2.45, 2.75) is 38.7 Å². The van der Waals surface area contributed by atoms with E-state index in [1.807, 2.05) is 0 Å². The van der Waals surface area contributed by atoms with Gasteiger partial charge in [0.05, 0.1) is 12.7 Å². The van der Waals surface area contributed by atoms with Crippen molar-refractivity contribution in [2.24, 2.45) is 0 Å². The van der Waals surface area contributed by atoms with Crippen LogP contribution in [0, 0.1) is 0 Å². The summed E-state index contributed by atoms with van der Waals surface area (Å²) in [6.07, 6.45) is 0.980. The average molecular weight is 220 g/mol. The van der Waals surface area contributed by atoms with E-state index in [1.54, 1.807) is 14.2 Å². The maximum absolute atomic E-state index is 5.60. The first kappa shape index (κ1) is 11.5. The highest BCUT2D eigenvalue weighted by Crippen LogP contribution is 2.49. The van der Waals surface area contributed by atoms with Crippen molar-refractivity contribution < 1.29 is 9.47 Å². The lowest BCUT2D eigenvalue weighted by Gasteiger charge is -2.41. The summed E-state index contributed by atoms with van der Waals surface area (Å²) >= 11 is 0. The van der Waals surface area contributed by atoms with Crippen molar-refractivity contribution >= 4 is 0 Å². The number of benzene rings is 1. The van der Waals surface area contributed by atoms with Gasteiger partial charge in [-0.3, -0.25) is 0 Å². The van der Waals surface area contributed by atoms with Gasteiger partial charge in [0.2, 0.25) is 0 Å². The smallest absolute Gasteiger partial charge is 0.128 e. The third-order valence-corrected chi connectivity index (χ3v) is 3.61. The first-order chi connectivity index (χ1) is 7.53. The quantitative estimate of drug-likeness (QED) is 0.778. The van der Waals surface area contributed by atoms with Gasteiger partial charge in [0.1, 0.15) is 5.75 Å². The molecule has 0 bridgehead atoms. The van der Waals surface area contributed by atoms with Crippen LogP contribution in [0.25, 0.3) is 0 Å². The minimum absolute atomic E-state index is 0.161. The van der Waals surface area contributed by atoms with Gasteiger partial charge in [-0.15, -0.1) is 0 Å². The molecule has 1 unspecified atom stereocenters. The number of rotatable bonds is 3. The lowest BCUT2D eigenvalue weighted by molar-refractivity contribution is -0.0204. The Morgan fingerprint density at radius 2 is 1.94 bits per heavy atom. The predicted molar refractivity (Wildman–Crippen MR) is 65.1 cm³/mol. The normalized spacial score (nSPS) is 22.9. The highest BCUT2D eigenvalue weighted by atomic mass is 16.5. The summed E-state index contributed by atoms with van der Waals surface area (Å²) < 4.78 is 11.2. The number of fused-ring (bicyclic) bond motifs is 1. The van der Waals surface area contributed by atoms with E-state index < -0.39 is 0 Å². The summed E-state index contributed by atoms with van der Waals surface area (Å²) in [7, 11) is 3.51. The number of hydrogen-bond acceptors (Lipinski definition) is 2. The van der Waals surface area contributed by atoms with Crippen LogP contribution in [-0.2, 0) is 16.8 Å². The van der Waals surface area contributed by atoms with Crippen LogP contribution < -0.4 is 4.74 Å². The van der Waals surface area contributed by atoms with Crippen molar-refractivity contribution in [1.29, 1.82) is 0 Å². The van der Waals surface area contributed by atoms with Crippen LogP contribution in [-0.4, -0.2) is 14.2 Å². The average Bonchev–Trinajstić information content (AvgIpc) is 2.25. The molecule has 0 radical (unpaired) electrons. The van der Waals surface area contributed by atoms with Crippen molar-refractivity contribution in [2.75, 3.05) is 14.2 Å². The highest BCUT2D eigenvalue weighted by Gasteiger charge is 2.42. The van der Waals surface area contributed by atoms with Gasteiger partial charge in [0, 0.05) is 19.1 Å². The van der Waals surface area contributed by atoms with Crippen molar-refractivity contribution in [3.05, 3.63) is 28.8 Å². The van der Waals surface area contributed by atoms with Gasteiger partial charge in [-0.2, -0.15) is 0 Å². The zero-order chi connectivity index (χ0) is 11.9. The Labute approximate surface area is 97.6 Å². The monoisotopic (exact) mass is 220 g/mol. The molecule has 2 heteroatoms. The summed E-state index contributed by atoms with van der Waals surface area (Å²) in [5.74, 6) is 1.49. The second kappa shape index (κ2) is 3.77. The zero-order valence-corrected chi connectivity index (χ0v) is 10.8. The molecule has 0 spiro atoms. The van der Waals surface area contributed by atoms with Crippen LogP contribution in [0.2, 0.25) is 0 Å². The molecule has 88 valence electrons. The van der Waals surface area contributed by atoms with Crippen molar-refractivity contribution in [1.82, 2.24) is 0 Å². The topological polar surface area (TPSA) is 18.5 Å². The number of hydrogen-bond donors (Lipinski definition) is 0. The summed E-state index contributed by atoms with van der Waals surface area (Å²) in [6.45, 7) is 6.50. The molecular formula is C14H20O2. The molecule has 0 amide bonds. The molecule has 1 atom stereocenters. The van der Waals surface area contributed by atoms with E-state index >= 15 is 0 Å². The molecule has 0 fully saturated rings. The van der Waals surface area contributed by atoms with Gasteiger partial charge in [-0.25, -0.2) is 0 Å². The summed E-state index contributed by atoms with van der Waals surface area (Å²) in [5, 5.41) is 0. The molecule has 2 rings (SSSR count). The van der Waals surface area contributed by atoms with E-state index in [4.69, 9.17) is 9.47 Å². The fourth-order valence-electron chi connectivity index (χ4n) is 2.56. The second-order valence-corrected chi connectivity index (χ2v) is 4.99. The molecule has 0 heterocycles. The highest BCUT2D eigenvalue weighted by molar-refractivity contribution is 5.56. The Kier molecular flexibility index (Phi) is 2.70. The van der Waals surface area contributed by atoms with Crippen molar-refractivity contribution in [3.63, 3.8) is 0 Å². The maximum Gasteiger partial charge on any atom is 0.128 e. The summed E-state index contributed by atoms with van der Waals surface area (Å²) in [6, 6.07) is 4.38. The number of methoxy groups -OCH3 is 2. The molecule has 0 aliphatic heterocycles. The molecule has 0 saturated heterocycles. The molecule has 0 saturated carbocycles. The standard InChI is InChI=1S/C14H20O2/c1-9(2)11-7-6-10-8-14(3,16-5)12(10)13(11)15-4/h6-7,9H,8H2,1-5H3. The van der Waals surface area contributed by atoms with Crippen LogP contribution >= 0.6 is 0 Å². The molecule has 2 nitrogen and oxygen atoms in total. The Morgan fingerprint density at radius 1 is 1.25 bits per heavy atom. The van der Waals surface area contributed by atoms with E-state index in [9.17, 15) is 0 Å². The first-order valence-corrected chi connectivity index (χ1v) is 5.79. The van der Waals surface area contributed by atoms with E-state index in [0.29, 0.717) is 5.92 Å². The molecule has 16 heavy (non-hydrogen) atoms. The van der Waals surface area contributed by atoms with Crippen LogP contribution in [0.1, 0.15) is 43.4 Å². The summed E-state index contributed by atoms with van der Waals surface area (Å²) in [5.41, 5.74) is 3.70. The molecule has 1 aromatic rings. The zero-order valence-electron chi connectivity index (χ0n) is 10.8. The van der Waals surface area contributed by atoms with Gasteiger partial charge in [-0.05, 0) is 24.0 Å². The van der Waals surface area contributed by atoms with Crippen LogP contribution in [0.4, 0.5) is 0 Å². The van der Waals surface area contributed by atoms with E-state index in [0.717, 1.165) is 12.2 Å². The van der Waals surface area contributed by atoms with Crippen molar-refractivity contribution in [3.8, 4) is 5.75 Å². The van der Waals surface area contributed by atoms with E-state index in [2.05, 4.69) is 32.9 Å². The molecular weight excluding hydrogens is 200 g/mol. The SMILES string of the molecule is COc1c(C(C)C)ccc2c1C(C)(OC)C2. The molecule has 1 aliphatic carbocycles. The molecule has 0 N–H and O–H groups in total. The fourth-order valence-corrected chi connectivity index (χ4v) is 2.56. The van der Waals surface area contributed by atoms with Crippen LogP contribution in [0.3, 0.4) is 0 Å². The van der Waals surface area contributed by atoms with E-state index in [1.165, 1.54) is 16.7 Å². The Balaban J connectivity index is 2.57. The first-order valence-electron chi connectivity index (χ1n) is 5.79. The van der Waals surface area contributed by atoms with Crippen LogP contribution in [0.15, 0.2) is 12.1 Å². The molecule has 1 aromatic carbocycles. The Bertz CT molecular complexity index is 409. The Morgan fingerprint density at radius 3 is 2.44 bits per heavy atom. The van der Waals surface area contributed by atoms with Crippen LogP contribution in [0.5, 0.6) is 5.75 Å². The largest absolute Gasteiger partial charge is 0.496 e. The van der Waals surface area contributed by atoms with Gasteiger partial charge >= 0.3 is 0 Å². The third-order valence-electron chi connectivity index (χ3n) is 3.61. The minimum Gasteiger partial charge on any atom is -0.496 e. The number of ether oxygens (including phenoxy) is 2. The molecule has 1 aliphatic rings. The van der Waals surface area contributed by atoms with Gasteiger partial charge in [-0.1, -0.05) is 26.0 Å². The van der Waals surface area contributed by atoms with Gasteiger partial charge in [0.15, 0.2) is 0 Å². The maximum atomic E-state index is 5.60. The van der Waals surface area contributed by atoms with E-state index in [-0.39, 0.29) is 5.60 Å². The predicted octanol–water partition coefficient (Wildman–Crippen LogP) is 3.24. The summed E-state index contributed by atoms with van der Waals surface area (Å²) in [4.78, 5) is 0. The minimum atomic E-state index is -0.161. The van der Waals surface area contributed by atoms with Gasteiger partial charge in [0.25, 0.3) is 0 Å². The third kappa shape index (κ3) is 1.44. The lowest BCUT2D eigenvalue weighted by Crippen LogP contribution is -2.38. The second-order valence-electron chi connectivity index (χ2n) is 4.99. The van der Waals surface area contributed by atoms with Gasteiger partial charge < -0.3 is 9.47 Å². The lowest BCUT2D eigenvalue weighted by atomic mass is 9.72.